The topological polar surface area (TPSA) is 55.6 Å². The Morgan fingerprint density at radius 1 is 0.952 bits per heavy atom. The predicted molar refractivity (Wildman–Crippen MR) is 79.4 cm³/mol. The van der Waals surface area contributed by atoms with Gasteiger partial charge in [-0.3, -0.25) is 4.79 Å². The summed E-state index contributed by atoms with van der Waals surface area (Å²) in [5.41, 5.74) is 11.9. The van der Waals surface area contributed by atoms with E-state index in [4.69, 9.17) is 10.5 Å². The molecule has 2 aromatic rings. The van der Waals surface area contributed by atoms with Crippen molar-refractivity contribution in [2.24, 2.45) is 0 Å². The van der Waals surface area contributed by atoms with Crippen LogP contribution in [0.25, 0.3) is 0 Å². The van der Waals surface area contributed by atoms with Crippen LogP contribution in [0.15, 0.2) is 36.4 Å². The van der Waals surface area contributed by atoms with Gasteiger partial charge in [0.15, 0.2) is 0 Å². The Morgan fingerprint density at radius 2 is 1.71 bits per heavy atom. The molecule has 0 atom stereocenters. The highest BCUT2D eigenvalue weighted by Gasteiger charge is 2.25. The number of nitrogens with zero attached hydrogens (tertiary/aromatic N) is 1. The zero-order chi connectivity index (χ0) is 14.4. The average molecular weight is 280 g/mol. The number of fused-ring (bicyclic) bond motifs is 2. The van der Waals surface area contributed by atoms with Crippen LogP contribution in [0.5, 0.6) is 0 Å². The number of carbonyl (C=O) groups excluding carboxylic acids is 1. The van der Waals surface area contributed by atoms with Gasteiger partial charge in [-0.2, -0.15) is 0 Å². The highest BCUT2D eigenvalue weighted by Crippen LogP contribution is 2.27. The van der Waals surface area contributed by atoms with Crippen LogP contribution in [0, 0.1) is 0 Å². The van der Waals surface area contributed by atoms with Crippen LogP contribution in [0.3, 0.4) is 0 Å². The van der Waals surface area contributed by atoms with Gasteiger partial charge in [0.25, 0.3) is 5.91 Å². The minimum Gasteiger partial charge on any atom is -0.399 e. The lowest BCUT2D eigenvalue weighted by Crippen LogP contribution is -2.25. The summed E-state index contributed by atoms with van der Waals surface area (Å²) in [5.74, 6) is 0.0690. The average Bonchev–Trinajstić information content (AvgIpc) is 3.11. The molecule has 4 rings (SSSR count). The molecule has 0 saturated carbocycles. The normalized spacial score (nSPS) is 15.9. The first kappa shape index (κ1) is 12.4. The lowest BCUT2D eigenvalue weighted by molar-refractivity contribution is 0.0751. The van der Waals surface area contributed by atoms with Crippen molar-refractivity contribution in [3.63, 3.8) is 0 Å². The van der Waals surface area contributed by atoms with Gasteiger partial charge >= 0.3 is 0 Å². The molecule has 0 bridgehead atoms. The number of hydrogen-bond acceptors (Lipinski definition) is 3. The van der Waals surface area contributed by atoms with E-state index < -0.39 is 0 Å². The fourth-order valence-corrected chi connectivity index (χ4v) is 3.05. The number of hydrogen-bond donors (Lipinski definition) is 1. The molecule has 2 aliphatic rings. The van der Waals surface area contributed by atoms with E-state index in [0.29, 0.717) is 26.3 Å². The largest absolute Gasteiger partial charge is 0.399 e. The van der Waals surface area contributed by atoms with Crippen molar-refractivity contribution in [3.05, 3.63) is 64.2 Å². The molecule has 0 spiro atoms. The van der Waals surface area contributed by atoms with E-state index in [2.05, 4.69) is 0 Å². The fraction of sp³-hybridized carbons (Fsp3) is 0.235. The second-order valence-electron chi connectivity index (χ2n) is 5.67. The zero-order valence-electron chi connectivity index (χ0n) is 11.6. The van der Waals surface area contributed by atoms with E-state index in [1.54, 1.807) is 0 Å². The Bertz CT molecular complexity index is 740. The molecular weight excluding hydrogens is 264 g/mol. The Morgan fingerprint density at radius 3 is 2.62 bits per heavy atom. The van der Waals surface area contributed by atoms with Gasteiger partial charge in [0.05, 0.1) is 13.2 Å². The van der Waals surface area contributed by atoms with Crippen LogP contribution in [0.4, 0.5) is 5.69 Å². The van der Waals surface area contributed by atoms with Gasteiger partial charge in [-0.1, -0.05) is 12.1 Å². The quantitative estimate of drug-likeness (QED) is 0.816. The van der Waals surface area contributed by atoms with Crippen LogP contribution in [-0.2, 0) is 31.0 Å². The fourth-order valence-electron chi connectivity index (χ4n) is 3.05. The molecule has 4 nitrogen and oxygen atoms in total. The maximum Gasteiger partial charge on any atom is 0.254 e. The Hall–Kier alpha value is -2.33. The summed E-state index contributed by atoms with van der Waals surface area (Å²) in [6.45, 7) is 2.54. The molecule has 2 heterocycles. The molecule has 2 aromatic carbocycles. The predicted octanol–water partition coefficient (Wildman–Crippen LogP) is 2.46. The van der Waals surface area contributed by atoms with Crippen LogP contribution in [0.2, 0.25) is 0 Å². The maximum absolute atomic E-state index is 12.7. The molecule has 2 aliphatic heterocycles. The van der Waals surface area contributed by atoms with Gasteiger partial charge in [0.2, 0.25) is 0 Å². The lowest BCUT2D eigenvalue weighted by Gasteiger charge is -2.16. The number of benzene rings is 2. The smallest absolute Gasteiger partial charge is 0.254 e. The Kier molecular flexibility index (Phi) is 2.72. The van der Waals surface area contributed by atoms with Gasteiger partial charge in [0.1, 0.15) is 0 Å². The first-order chi connectivity index (χ1) is 10.2. The number of anilines is 1. The molecule has 1 amide bonds. The summed E-state index contributed by atoms with van der Waals surface area (Å²) in [7, 11) is 0. The van der Waals surface area contributed by atoms with Crippen LogP contribution >= 0.6 is 0 Å². The molecule has 4 heteroatoms. The molecule has 0 aromatic heterocycles. The zero-order valence-corrected chi connectivity index (χ0v) is 11.6. The molecule has 0 fully saturated rings. The van der Waals surface area contributed by atoms with E-state index in [0.717, 1.165) is 22.4 Å². The number of carbonyl (C=O) groups is 1. The minimum atomic E-state index is 0.0690. The summed E-state index contributed by atoms with van der Waals surface area (Å²) in [4.78, 5) is 14.5. The van der Waals surface area contributed by atoms with Gasteiger partial charge < -0.3 is 15.4 Å². The van der Waals surface area contributed by atoms with Gasteiger partial charge in [-0.25, -0.2) is 0 Å². The SMILES string of the molecule is Nc1ccc2c(c1)CN(C(=O)c1ccc3c(c1)COC3)C2. The summed E-state index contributed by atoms with van der Waals surface area (Å²) in [6, 6.07) is 11.7. The first-order valence-electron chi connectivity index (χ1n) is 7.07. The van der Waals surface area contributed by atoms with Gasteiger partial charge in [-0.15, -0.1) is 0 Å². The summed E-state index contributed by atoms with van der Waals surface area (Å²) in [6.07, 6.45) is 0. The molecular formula is C17H16N2O2. The number of amides is 1. The third-order valence-electron chi connectivity index (χ3n) is 4.21. The molecule has 0 unspecified atom stereocenters. The number of nitrogens with two attached hydrogens (primary N) is 1. The Labute approximate surface area is 123 Å². The third kappa shape index (κ3) is 2.08. The van der Waals surface area contributed by atoms with E-state index in [1.165, 1.54) is 11.1 Å². The molecule has 21 heavy (non-hydrogen) atoms. The van der Waals surface area contributed by atoms with E-state index >= 15 is 0 Å². The summed E-state index contributed by atoms with van der Waals surface area (Å²) >= 11 is 0. The van der Waals surface area contributed by atoms with Crippen LogP contribution < -0.4 is 5.73 Å². The summed E-state index contributed by atoms with van der Waals surface area (Å²) < 4.78 is 5.40. The standard InChI is InChI=1S/C17H16N2O2/c18-16-4-3-12-7-19(8-14(12)6-16)17(20)11-1-2-13-9-21-10-15(13)5-11/h1-6H,7-10,18H2. The van der Waals surface area contributed by atoms with Crippen LogP contribution in [0.1, 0.15) is 32.6 Å². The van der Waals surface area contributed by atoms with E-state index in [1.807, 2.05) is 41.3 Å². The second-order valence-corrected chi connectivity index (χ2v) is 5.67. The van der Waals surface area contributed by atoms with Crippen molar-refractivity contribution in [1.82, 2.24) is 4.90 Å². The molecule has 0 aliphatic carbocycles. The molecule has 106 valence electrons. The first-order valence-corrected chi connectivity index (χ1v) is 7.07. The highest BCUT2D eigenvalue weighted by atomic mass is 16.5. The number of rotatable bonds is 1. The van der Waals surface area contributed by atoms with E-state index in [-0.39, 0.29) is 5.91 Å². The Balaban J connectivity index is 1.59. The van der Waals surface area contributed by atoms with Crippen molar-refractivity contribution in [1.29, 1.82) is 0 Å². The van der Waals surface area contributed by atoms with Crippen molar-refractivity contribution in [3.8, 4) is 0 Å². The molecule has 0 saturated heterocycles. The summed E-state index contributed by atoms with van der Waals surface area (Å²) in [5, 5.41) is 0. The van der Waals surface area contributed by atoms with Crippen molar-refractivity contribution in [2.45, 2.75) is 26.3 Å². The second kappa shape index (κ2) is 4.60. The molecule has 0 radical (unpaired) electrons. The van der Waals surface area contributed by atoms with E-state index in [9.17, 15) is 4.79 Å². The number of ether oxygens (including phenoxy) is 1. The highest BCUT2D eigenvalue weighted by molar-refractivity contribution is 5.94. The van der Waals surface area contributed by atoms with Gasteiger partial charge in [0, 0.05) is 24.3 Å². The van der Waals surface area contributed by atoms with Crippen LogP contribution in [-0.4, -0.2) is 10.8 Å². The van der Waals surface area contributed by atoms with Crippen molar-refractivity contribution >= 4 is 11.6 Å². The lowest BCUT2D eigenvalue weighted by atomic mass is 10.1. The number of nitrogen functional groups attached to an aromatic ring is 1. The molecule has 2 N–H and O–H groups in total. The third-order valence-corrected chi connectivity index (χ3v) is 4.21. The monoisotopic (exact) mass is 280 g/mol. The van der Waals surface area contributed by atoms with Crippen molar-refractivity contribution < 1.29 is 9.53 Å². The van der Waals surface area contributed by atoms with Crippen molar-refractivity contribution in [2.75, 3.05) is 5.73 Å². The van der Waals surface area contributed by atoms with Gasteiger partial charge in [-0.05, 0) is 46.5 Å². The maximum atomic E-state index is 12.7. The minimum absolute atomic E-state index is 0.0690.